The van der Waals surface area contributed by atoms with Crippen LogP contribution in [0.2, 0.25) is 0 Å². The highest BCUT2D eigenvalue weighted by molar-refractivity contribution is 7.81. The Morgan fingerprint density at radius 3 is 2.78 bits per heavy atom. The molecule has 18 heavy (non-hydrogen) atoms. The van der Waals surface area contributed by atoms with Crippen molar-refractivity contribution in [2.75, 3.05) is 6.54 Å². The highest BCUT2D eigenvalue weighted by atomic mass is 32.1. The van der Waals surface area contributed by atoms with E-state index < -0.39 is 0 Å². The summed E-state index contributed by atoms with van der Waals surface area (Å²) < 4.78 is 0. The Hall–Kier alpha value is -0.960. The number of benzene rings is 1. The molecule has 0 spiro atoms. The number of thiol groups is 1. The number of carbonyl (C=O) groups is 1. The standard InChI is InChI=1S/C15H21NOS/c1-12-7-5-6-10-16(12)15(17)14(18)11-13-8-3-2-4-9-13/h2-4,8-9,12,14,18H,5-7,10-11H2,1H3. The average molecular weight is 263 g/mol. The molecular formula is C15H21NOS. The molecule has 1 fully saturated rings. The third-order valence-corrected chi connectivity index (χ3v) is 4.05. The summed E-state index contributed by atoms with van der Waals surface area (Å²) >= 11 is 4.50. The molecule has 1 amide bonds. The van der Waals surface area contributed by atoms with Crippen molar-refractivity contribution in [2.24, 2.45) is 0 Å². The zero-order valence-electron chi connectivity index (χ0n) is 10.9. The van der Waals surface area contributed by atoms with E-state index in [0.717, 1.165) is 19.4 Å². The van der Waals surface area contributed by atoms with Crippen LogP contribution in [0.25, 0.3) is 0 Å². The van der Waals surface area contributed by atoms with E-state index >= 15 is 0 Å². The van der Waals surface area contributed by atoms with Crippen LogP contribution in [0.4, 0.5) is 0 Å². The summed E-state index contributed by atoms with van der Waals surface area (Å²) in [4.78, 5) is 14.4. The normalized spacial score (nSPS) is 21.7. The third-order valence-electron chi connectivity index (χ3n) is 3.64. The second-order valence-corrected chi connectivity index (χ2v) is 5.71. The van der Waals surface area contributed by atoms with E-state index in [0.29, 0.717) is 12.5 Å². The Morgan fingerprint density at radius 1 is 1.39 bits per heavy atom. The fourth-order valence-corrected chi connectivity index (χ4v) is 2.90. The molecule has 0 aromatic heterocycles. The van der Waals surface area contributed by atoms with Gasteiger partial charge in [-0.2, -0.15) is 12.6 Å². The van der Waals surface area contributed by atoms with E-state index in [1.807, 2.05) is 23.1 Å². The van der Waals surface area contributed by atoms with Crippen LogP contribution in [0, 0.1) is 0 Å². The highest BCUT2D eigenvalue weighted by Gasteiger charge is 2.27. The third kappa shape index (κ3) is 3.29. The van der Waals surface area contributed by atoms with Crippen molar-refractivity contribution in [1.29, 1.82) is 0 Å². The maximum absolute atomic E-state index is 12.4. The molecule has 1 heterocycles. The lowest BCUT2D eigenvalue weighted by atomic mass is 10.0. The molecule has 2 unspecified atom stereocenters. The summed E-state index contributed by atoms with van der Waals surface area (Å²) in [6, 6.07) is 10.5. The number of hydrogen-bond acceptors (Lipinski definition) is 2. The Morgan fingerprint density at radius 2 is 2.11 bits per heavy atom. The molecule has 1 aliphatic rings. The topological polar surface area (TPSA) is 20.3 Å². The van der Waals surface area contributed by atoms with Crippen LogP contribution < -0.4 is 0 Å². The zero-order chi connectivity index (χ0) is 13.0. The van der Waals surface area contributed by atoms with Gasteiger partial charge in [0.1, 0.15) is 0 Å². The minimum absolute atomic E-state index is 0.189. The van der Waals surface area contributed by atoms with Gasteiger partial charge in [-0.05, 0) is 38.2 Å². The summed E-state index contributed by atoms with van der Waals surface area (Å²) in [5.74, 6) is 0.189. The van der Waals surface area contributed by atoms with E-state index in [9.17, 15) is 4.79 Å². The van der Waals surface area contributed by atoms with Gasteiger partial charge in [0.2, 0.25) is 5.91 Å². The van der Waals surface area contributed by atoms with E-state index in [1.165, 1.54) is 12.0 Å². The number of carbonyl (C=O) groups excluding carboxylic acids is 1. The molecule has 0 radical (unpaired) electrons. The van der Waals surface area contributed by atoms with Crippen LogP contribution in [0.1, 0.15) is 31.7 Å². The SMILES string of the molecule is CC1CCCCN1C(=O)C(S)Cc1ccccc1. The average Bonchev–Trinajstić information content (AvgIpc) is 2.39. The number of amides is 1. The van der Waals surface area contributed by atoms with Crippen LogP contribution >= 0.6 is 12.6 Å². The molecule has 2 rings (SSSR count). The van der Waals surface area contributed by atoms with Gasteiger partial charge < -0.3 is 4.90 Å². The second kappa shape index (κ2) is 6.28. The zero-order valence-corrected chi connectivity index (χ0v) is 11.8. The monoisotopic (exact) mass is 263 g/mol. The number of nitrogens with zero attached hydrogens (tertiary/aromatic N) is 1. The predicted octanol–water partition coefficient (Wildman–Crippen LogP) is 2.93. The Labute approximate surface area is 115 Å². The minimum atomic E-state index is -0.215. The summed E-state index contributed by atoms with van der Waals surface area (Å²) in [5, 5.41) is -0.215. The van der Waals surface area contributed by atoms with Gasteiger partial charge in [-0.1, -0.05) is 30.3 Å². The molecule has 0 saturated carbocycles. The van der Waals surface area contributed by atoms with Crippen molar-refractivity contribution < 1.29 is 4.79 Å². The summed E-state index contributed by atoms with van der Waals surface area (Å²) in [6.07, 6.45) is 4.20. The van der Waals surface area contributed by atoms with Gasteiger partial charge in [-0.3, -0.25) is 4.79 Å². The lowest BCUT2D eigenvalue weighted by Gasteiger charge is -2.35. The van der Waals surface area contributed by atoms with Gasteiger partial charge in [0.25, 0.3) is 0 Å². The summed E-state index contributed by atoms with van der Waals surface area (Å²) in [7, 11) is 0. The largest absolute Gasteiger partial charge is 0.339 e. The van der Waals surface area contributed by atoms with Crippen molar-refractivity contribution in [3.63, 3.8) is 0 Å². The number of likely N-dealkylation sites (tertiary alicyclic amines) is 1. The van der Waals surface area contributed by atoms with Gasteiger partial charge in [0.05, 0.1) is 5.25 Å². The highest BCUT2D eigenvalue weighted by Crippen LogP contribution is 2.20. The number of rotatable bonds is 3. The molecule has 1 aromatic carbocycles. The first-order valence-corrected chi connectivity index (χ1v) is 7.22. The van der Waals surface area contributed by atoms with Gasteiger partial charge in [0, 0.05) is 12.6 Å². The molecule has 3 heteroatoms. The molecule has 2 nitrogen and oxygen atoms in total. The quantitative estimate of drug-likeness (QED) is 0.831. The van der Waals surface area contributed by atoms with Crippen molar-refractivity contribution in [1.82, 2.24) is 4.90 Å². The number of hydrogen-bond donors (Lipinski definition) is 1. The van der Waals surface area contributed by atoms with Crippen molar-refractivity contribution in [2.45, 2.75) is 43.9 Å². The fraction of sp³-hybridized carbons (Fsp3) is 0.533. The summed E-state index contributed by atoms with van der Waals surface area (Å²) in [5.41, 5.74) is 1.18. The van der Waals surface area contributed by atoms with Gasteiger partial charge in [-0.25, -0.2) is 0 Å². The maximum atomic E-state index is 12.4. The molecule has 0 bridgehead atoms. The fourth-order valence-electron chi connectivity index (χ4n) is 2.54. The van der Waals surface area contributed by atoms with Gasteiger partial charge >= 0.3 is 0 Å². The van der Waals surface area contributed by atoms with Crippen LogP contribution in [-0.2, 0) is 11.2 Å². The van der Waals surface area contributed by atoms with E-state index in [1.54, 1.807) is 0 Å². The van der Waals surface area contributed by atoms with Gasteiger partial charge in [0.15, 0.2) is 0 Å². The van der Waals surface area contributed by atoms with E-state index in [4.69, 9.17) is 0 Å². The smallest absolute Gasteiger partial charge is 0.236 e. The first-order valence-electron chi connectivity index (χ1n) is 6.71. The predicted molar refractivity (Wildman–Crippen MR) is 77.9 cm³/mol. The lowest BCUT2D eigenvalue weighted by molar-refractivity contribution is -0.133. The van der Waals surface area contributed by atoms with Crippen LogP contribution in [0.5, 0.6) is 0 Å². The van der Waals surface area contributed by atoms with E-state index in [2.05, 4.69) is 31.7 Å². The molecular weight excluding hydrogens is 242 g/mol. The maximum Gasteiger partial charge on any atom is 0.236 e. The lowest BCUT2D eigenvalue weighted by Crippen LogP contribution is -2.46. The molecule has 1 saturated heterocycles. The Bertz CT molecular complexity index is 393. The Kier molecular flexibility index (Phi) is 4.70. The Balaban J connectivity index is 1.96. The van der Waals surface area contributed by atoms with Crippen molar-refractivity contribution in [3.8, 4) is 0 Å². The molecule has 2 atom stereocenters. The minimum Gasteiger partial charge on any atom is -0.339 e. The van der Waals surface area contributed by atoms with Crippen LogP contribution in [0.3, 0.4) is 0 Å². The first kappa shape index (κ1) is 13.5. The summed E-state index contributed by atoms with van der Waals surface area (Å²) in [6.45, 7) is 3.03. The number of piperidine rings is 1. The molecule has 98 valence electrons. The molecule has 0 N–H and O–H groups in total. The molecule has 1 aliphatic heterocycles. The first-order chi connectivity index (χ1) is 8.68. The van der Waals surface area contributed by atoms with Crippen LogP contribution in [0.15, 0.2) is 30.3 Å². The second-order valence-electron chi connectivity index (χ2n) is 5.08. The van der Waals surface area contributed by atoms with Crippen LogP contribution in [-0.4, -0.2) is 28.6 Å². The van der Waals surface area contributed by atoms with Gasteiger partial charge in [-0.15, -0.1) is 0 Å². The van der Waals surface area contributed by atoms with E-state index in [-0.39, 0.29) is 11.2 Å². The molecule has 1 aromatic rings. The van der Waals surface area contributed by atoms with Crippen molar-refractivity contribution >= 4 is 18.5 Å². The molecule has 0 aliphatic carbocycles. The van der Waals surface area contributed by atoms with Crippen molar-refractivity contribution in [3.05, 3.63) is 35.9 Å².